The minimum Gasteiger partial charge on any atom is -0.493 e. The predicted octanol–water partition coefficient (Wildman–Crippen LogP) is 4.30. The van der Waals surface area contributed by atoms with E-state index in [0.29, 0.717) is 21.6 Å². The Morgan fingerprint density at radius 2 is 1.55 bits per heavy atom. The van der Waals surface area contributed by atoms with Gasteiger partial charge >= 0.3 is 5.97 Å². The van der Waals surface area contributed by atoms with Gasteiger partial charge in [-0.15, -0.1) is 0 Å². The van der Waals surface area contributed by atoms with Crippen molar-refractivity contribution in [3.8, 4) is 11.5 Å². The Morgan fingerprint density at radius 1 is 0.903 bits per heavy atom. The zero-order chi connectivity index (χ0) is 22.0. The average molecular weight is 438 g/mol. The van der Waals surface area contributed by atoms with Crippen LogP contribution in [0.4, 0.5) is 0 Å². The summed E-state index contributed by atoms with van der Waals surface area (Å²) in [7, 11) is 1.43. The van der Waals surface area contributed by atoms with E-state index in [2.05, 4.69) is 0 Å². The van der Waals surface area contributed by atoms with E-state index < -0.39 is 17.8 Å². The van der Waals surface area contributed by atoms with Crippen molar-refractivity contribution in [2.45, 2.75) is 6.61 Å². The molecule has 1 aliphatic heterocycles. The van der Waals surface area contributed by atoms with Crippen LogP contribution < -0.4 is 9.47 Å². The summed E-state index contributed by atoms with van der Waals surface area (Å²) in [5, 5.41) is 1.09. The Kier molecular flexibility index (Phi) is 5.60. The molecule has 8 heteroatoms. The SMILES string of the molecule is COc1cc(C(=O)ON2C(=O)c3ccccc3C2=O)ccc1OCc1ccc(Cl)cc1. The van der Waals surface area contributed by atoms with E-state index in [1.54, 1.807) is 30.3 Å². The van der Waals surface area contributed by atoms with E-state index >= 15 is 0 Å². The number of benzene rings is 3. The number of rotatable bonds is 6. The summed E-state index contributed by atoms with van der Waals surface area (Å²) in [6.45, 7) is 0.270. The molecule has 0 fully saturated rings. The molecule has 0 saturated carbocycles. The number of ether oxygens (including phenoxy) is 2. The number of carbonyl (C=O) groups excluding carboxylic acids is 3. The van der Waals surface area contributed by atoms with Crippen LogP contribution in [0.5, 0.6) is 11.5 Å². The van der Waals surface area contributed by atoms with Gasteiger partial charge in [0.2, 0.25) is 0 Å². The van der Waals surface area contributed by atoms with Gasteiger partial charge in [-0.1, -0.05) is 40.9 Å². The lowest BCUT2D eigenvalue weighted by Gasteiger charge is -2.14. The highest BCUT2D eigenvalue weighted by molar-refractivity contribution is 6.30. The minimum absolute atomic E-state index is 0.0900. The topological polar surface area (TPSA) is 82.1 Å². The van der Waals surface area contributed by atoms with Gasteiger partial charge in [0.1, 0.15) is 6.61 Å². The number of methoxy groups -OCH3 is 1. The number of nitrogens with zero attached hydrogens (tertiary/aromatic N) is 1. The van der Waals surface area contributed by atoms with E-state index in [0.717, 1.165) is 5.56 Å². The van der Waals surface area contributed by atoms with Gasteiger partial charge in [-0.05, 0) is 48.0 Å². The van der Waals surface area contributed by atoms with E-state index in [9.17, 15) is 14.4 Å². The first-order valence-electron chi connectivity index (χ1n) is 9.23. The molecule has 0 saturated heterocycles. The maximum atomic E-state index is 12.6. The molecule has 31 heavy (non-hydrogen) atoms. The zero-order valence-corrected chi connectivity index (χ0v) is 17.1. The number of fused-ring (bicyclic) bond motifs is 1. The van der Waals surface area contributed by atoms with Gasteiger partial charge in [0.15, 0.2) is 11.5 Å². The third kappa shape index (κ3) is 4.08. The van der Waals surface area contributed by atoms with Crippen LogP contribution >= 0.6 is 11.6 Å². The van der Waals surface area contributed by atoms with Crippen molar-refractivity contribution in [2.75, 3.05) is 7.11 Å². The van der Waals surface area contributed by atoms with Crippen LogP contribution in [0.3, 0.4) is 0 Å². The molecule has 1 heterocycles. The Balaban J connectivity index is 1.47. The molecule has 0 spiro atoms. The lowest BCUT2D eigenvalue weighted by atomic mass is 10.1. The Hall–Kier alpha value is -3.84. The van der Waals surface area contributed by atoms with Crippen molar-refractivity contribution in [1.82, 2.24) is 5.06 Å². The van der Waals surface area contributed by atoms with E-state index in [4.69, 9.17) is 25.9 Å². The number of hydrogen-bond acceptors (Lipinski definition) is 6. The van der Waals surface area contributed by atoms with Gasteiger partial charge < -0.3 is 14.3 Å². The standard InChI is InChI=1S/C23H16ClNO6/c1-29-20-12-15(8-11-19(20)30-13-14-6-9-16(24)10-7-14)23(28)31-25-21(26)17-4-2-3-5-18(17)22(25)27/h2-12H,13H2,1H3. The Bertz CT molecular complexity index is 1140. The first-order chi connectivity index (χ1) is 15.0. The van der Waals surface area contributed by atoms with E-state index in [-0.39, 0.29) is 23.3 Å². The molecule has 0 aliphatic carbocycles. The largest absolute Gasteiger partial charge is 0.493 e. The number of imide groups is 1. The second kappa shape index (κ2) is 8.49. The first kappa shape index (κ1) is 20.4. The van der Waals surface area contributed by atoms with E-state index in [1.807, 2.05) is 12.1 Å². The molecule has 156 valence electrons. The number of hydrogen-bond donors (Lipinski definition) is 0. The summed E-state index contributed by atoms with van der Waals surface area (Å²) in [5.41, 5.74) is 1.36. The molecule has 0 radical (unpaired) electrons. The summed E-state index contributed by atoms with van der Waals surface area (Å²) < 4.78 is 11.1. The second-order valence-electron chi connectivity index (χ2n) is 6.61. The summed E-state index contributed by atoms with van der Waals surface area (Å²) in [4.78, 5) is 42.4. The van der Waals surface area contributed by atoms with Crippen molar-refractivity contribution >= 4 is 29.4 Å². The molecule has 0 N–H and O–H groups in total. The number of amides is 2. The summed E-state index contributed by atoms with van der Waals surface area (Å²) in [6, 6.07) is 17.9. The van der Waals surface area contributed by atoms with Crippen LogP contribution in [-0.2, 0) is 11.4 Å². The molecule has 0 unspecified atom stereocenters. The molecule has 0 atom stereocenters. The second-order valence-corrected chi connectivity index (χ2v) is 7.05. The van der Waals surface area contributed by atoms with Gasteiger partial charge in [-0.25, -0.2) is 4.79 Å². The number of halogens is 1. The molecule has 1 aliphatic rings. The highest BCUT2D eigenvalue weighted by Gasteiger charge is 2.38. The fraction of sp³-hybridized carbons (Fsp3) is 0.0870. The fourth-order valence-corrected chi connectivity index (χ4v) is 3.17. The van der Waals surface area contributed by atoms with Crippen LogP contribution in [0.2, 0.25) is 5.02 Å². The van der Waals surface area contributed by atoms with Crippen LogP contribution in [0.15, 0.2) is 66.7 Å². The molecule has 2 amide bonds. The summed E-state index contributed by atoms with van der Waals surface area (Å²) in [6.07, 6.45) is 0. The van der Waals surface area contributed by atoms with Crippen LogP contribution in [-0.4, -0.2) is 30.0 Å². The zero-order valence-electron chi connectivity index (χ0n) is 16.3. The molecule has 7 nitrogen and oxygen atoms in total. The fourth-order valence-electron chi connectivity index (χ4n) is 3.04. The van der Waals surface area contributed by atoms with Crippen molar-refractivity contribution in [1.29, 1.82) is 0 Å². The van der Waals surface area contributed by atoms with Gasteiger partial charge in [0, 0.05) is 5.02 Å². The third-order valence-corrected chi connectivity index (χ3v) is 4.89. The molecule has 3 aromatic carbocycles. The van der Waals surface area contributed by atoms with Crippen LogP contribution in [0, 0.1) is 0 Å². The molecular formula is C23H16ClNO6. The van der Waals surface area contributed by atoms with Gasteiger partial charge in [0.05, 0.1) is 23.8 Å². The lowest BCUT2D eigenvalue weighted by molar-refractivity contribution is -0.0584. The average Bonchev–Trinajstić information content (AvgIpc) is 3.03. The highest BCUT2D eigenvalue weighted by Crippen LogP contribution is 2.30. The predicted molar refractivity (Wildman–Crippen MR) is 111 cm³/mol. The normalized spacial score (nSPS) is 12.5. The van der Waals surface area contributed by atoms with Crippen molar-refractivity contribution in [3.05, 3.63) is 94.0 Å². The smallest absolute Gasteiger partial charge is 0.364 e. The third-order valence-electron chi connectivity index (χ3n) is 4.64. The maximum Gasteiger partial charge on any atom is 0.364 e. The lowest BCUT2D eigenvalue weighted by Crippen LogP contribution is -2.32. The summed E-state index contributed by atoms with van der Waals surface area (Å²) >= 11 is 5.88. The quantitative estimate of drug-likeness (QED) is 0.535. The van der Waals surface area contributed by atoms with Gasteiger partial charge in [-0.2, -0.15) is 0 Å². The monoisotopic (exact) mass is 437 g/mol. The summed E-state index contributed by atoms with van der Waals surface area (Å²) in [5.74, 6) is -1.55. The molecule has 4 rings (SSSR count). The molecule has 0 bridgehead atoms. The van der Waals surface area contributed by atoms with Gasteiger partial charge in [0.25, 0.3) is 11.8 Å². The Labute approximate surface area is 182 Å². The number of carbonyl (C=O) groups is 3. The van der Waals surface area contributed by atoms with Crippen molar-refractivity contribution in [2.24, 2.45) is 0 Å². The molecular weight excluding hydrogens is 422 g/mol. The number of hydroxylamine groups is 2. The maximum absolute atomic E-state index is 12.6. The molecule has 3 aromatic rings. The van der Waals surface area contributed by atoms with E-state index in [1.165, 1.54) is 31.4 Å². The van der Waals surface area contributed by atoms with Crippen LogP contribution in [0.25, 0.3) is 0 Å². The van der Waals surface area contributed by atoms with Gasteiger partial charge in [-0.3, -0.25) is 9.59 Å². The van der Waals surface area contributed by atoms with Crippen molar-refractivity contribution in [3.63, 3.8) is 0 Å². The highest BCUT2D eigenvalue weighted by atomic mass is 35.5. The van der Waals surface area contributed by atoms with Crippen LogP contribution in [0.1, 0.15) is 36.6 Å². The molecule has 0 aromatic heterocycles. The first-order valence-corrected chi connectivity index (χ1v) is 9.61. The van der Waals surface area contributed by atoms with Crippen molar-refractivity contribution < 1.29 is 28.7 Å². The Morgan fingerprint density at radius 3 is 2.16 bits per heavy atom. The minimum atomic E-state index is -0.878.